The molecule has 2 rings (SSSR count). The van der Waals surface area contributed by atoms with Crippen LogP contribution in [-0.4, -0.2) is 27.9 Å². The van der Waals surface area contributed by atoms with E-state index in [4.69, 9.17) is 14.3 Å². The molecule has 6 heteroatoms. The number of aliphatic carboxylic acids is 1. The van der Waals surface area contributed by atoms with Crippen molar-refractivity contribution in [3.05, 3.63) is 11.8 Å². The van der Waals surface area contributed by atoms with Crippen molar-refractivity contribution < 1.29 is 19.1 Å². The Morgan fingerprint density at radius 3 is 2.88 bits per heavy atom. The largest absolute Gasteiger partial charge is 0.480 e. The summed E-state index contributed by atoms with van der Waals surface area (Å²) >= 11 is 0. The van der Waals surface area contributed by atoms with Crippen LogP contribution in [0.4, 0.5) is 0 Å². The zero-order valence-electron chi connectivity index (χ0n) is 9.27. The van der Waals surface area contributed by atoms with Crippen LogP contribution in [0, 0.1) is 5.41 Å². The number of hydrogen-bond acceptors (Lipinski definition) is 5. The van der Waals surface area contributed by atoms with Gasteiger partial charge in [-0.15, -0.1) is 10.2 Å². The van der Waals surface area contributed by atoms with Gasteiger partial charge in [-0.2, -0.15) is 0 Å². The predicted octanol–water partition coefficient (Wildman–Crippen LogP) is 1.18. The quantitative estimate of drug-likeness (QED) is 0.811. The van der Waals surface area contributed by atoms with Gasteiger partial charge in [0.05, 0.1) is 0 Å². The van der Waals surface area contributed by atoms with Crippen molar-refractivity contribution in [2.24, 2.45) is 5.41 Å². The molecule has 0 radical (unpaired) electrons. The second-order valence-corrected chi connectivity index (χ2v) is 4.67. The number of aromatic nitrogens is 2. The highest BCUT2D eigenvalue weighted by Crippen LogP contribution is 2.58. The van der Waals surface area contributed by atoms with E-state index in [1.165, 1.54) is 0 Å². The molecule has 1 aliphatic carbocycles. The molecule has 6 nitrogen and oxygen atoms in total. The first-order valence-corrected chi connectivity index (χ1v) is 5.11. The van der Waals surface area contributed by atoms with Crippen molar-refractivity contribution in [1.82, 2.24) is 10.2 Å². The Morgan fingerprint density at radius 2 is 2.31 bits per heavy atom. The number of rotatable bonds is 5. The summed E-state index contributed by atoms with van der Waals surface area (Å²) in [6.45, 7) is 3.98. The van der Waals surface area contributed by atoms with Crippen LogP contribution in [0.3, 0.4) is 0 Å². The maximum Gasteiger partial charge on any atom is 0.329 e. The van der Waals surface area contributed by atoms with E-state index in [-0.39, 0.29) is 18.6 Å². The minimum absolute atomic E-state index is 0.0481. The molecule has 1 saturated carbocycles. The maximum absolute atomic E-state index is 10.2. The first-order chi connectivity index (χ1) is 7.49. The molecule has 0 bridgehead atoms. The maximum atomic E-state index is 10.2. The Kier molecular flexibility index (Phi) is 2.67. The third-order valence-electron chi connectivity index (χ3n) is 2.75. The number of ether oxygens (including phenoxy) is 1. The van der Waals surface area contributed by atoms with Crippen molar-refractivity contribution in [3.8, 4) is 0 Å². The molecule has 1 aromatic rings. The normalized spacial score (nSPS) is 22.0. The van der Waals surface area contributed by atoms with Crippen molar-refractivity contribution in [2.75, 3.05) is 6.61 Å². The highest BCUT2D eigenvalue weighted by atomic mass is 16.5. The lowest BCUT2D eigenvalue weighted by Crippen LogP contribution is -2.06. The van der Waals surface area contributed by atoms with E-state index in [1.807, 2.05) is 0 Å². The van der Waals surface area contributed by atoms with E-state index < -0.39 is 5.97 Å². The van der Waals surface area contributed by atoms with Crippen LogP contribution in [0.1, 0.15) is 38.0 Å². The Balaban J connectivity index is 1.86. The number of nitrogens with zero attached hydrogens (tertiary/aromatic N) is 2. The van der Waals surface area contributed by atoms with Gasteiger partial charge in [0.25, 0.3) is 0 Å². The second kappa shape index (κ2) is 3.86. The van der Waals surface area contributed by atoms with Crippen LogP contribution in [0.25, 0.3) is 0 Å². The smallest absolute Gasteiger partial charge is 0.329 e. The van der Waals surface area contributed by atoms with Crippen LogP contribution in [0.5, 0.6) is 0 Å². The fraction of sp³-hybridized carbons (Fsp3) is 0.700. The Hall–Kier alpha value is -1.43. The standard InChI is InChI=1S/C10H14N2O4/c1-10(2)3-6(10)9-12-11-7(16-9)4-15-5-8(13)14/h6H,3-5H2,1-2H3,(H,13,14). The average Bonchev–Trinajstić information content (AvgIpc) is 2.60. The minimum atomic E-state index is -1.01. The number of hydrogen-bond donors (Lipinski definition) is 1. The average molecular weight is 226 g/mol. The van der Waals surface area contributed by atoms with Crippen molar-refractivity contribution in [3.63, 3.8) is 0 Å². The highest BCUT2D eigenvalue weighted by molar-refractivity contribution is 5.67. The summed E-state index contributed by atoms with van der Waals surface area (Å²) in [5.74, 6) is 0.272. The molecule has 0 aromatic carbocycles. The Labute approximate surface area is 92.6 Å². The fourth-order valence-electron chi connectivity index (χ4n) is 1.58. The van der Waals surface area contributed by atoms with Crippen molar-refractivity contribution >= 4 is 5.97 Å². The molecule has 1 N–H and O–H groups in total. The van der Waals surface area contributed by atoms with Crippen LogP contribution < -0.4 is 0 Å². The molecule has 0 saturated heterocycles. The van der Waals surface area contributed by atoms with Gasteiger partial charge in [0.1, 0.15) is 13.2 Å². The predicted molar refractivity (Wildman–Crippen MR) is 52.7 cm³/mol. The third kappa shape index (κ3) is 2.38. The zero-order chi connectivity index (χ0) is 11.8. The molecule has 1 atom stereocenters. The molecule has 1 aliphatic rings. The zero-order valence-corrected chi connectivity index (χ0v) is 9.27. The summed E-state index contributed by atoms with van der Waals surface area (Å²) in [4.78, 5) is 10.2. The highest BCUT2D eigenvalue weighted by Gasteiger charge is 2.50. The van der Waals surface area contributed by atoms with E-state index in [2.05, 4.69) is 24.0 Å². The van der Waals surface area contributed by atoms with E-state index in [0.717, 1.165) is 6.42 Å². The summed E-state index contributed by atoms with van der Waals surface area (Å²) in [6, 6.07) is 0. The molecule has 88 valence electrons. The van der Waals surface area contributed by atoms with Gasteiger partial charge < -0.3 is 14.3 Å². The molecular formula is C10H14N2O4. The molecule has 0 aliphatic heterocycles. The molecule has 1 fully saturated rings. The fourth-order valence-corrected chi connectivity index (χ4v) is 1.58. The minimum Gasteiger partial charge on any atom is -0.480 e. The Morgan fingerprint density at radius 1 is 1.62 bits per heavy atom. The van der Waals surface area contributed by atoms with Crippen molar-refractivity contribution in [2.45, 2.75) is 32.8 Å². The monoisotopic (exact) mass is 226 g/mol. The van der Waals surface area contributed by atoms with Crippen LogP contribution in [0.15, 0.2) is 4.42 Å². The first-order valence-electron chi connectivity index (χ1n) is 5.11. The lowest BCUT2D eigenvalue weighted by atomic mass is 10.1. The first kappa shape index (κ1) is 11.1. The molecule has 1 aromatic heterocycles. The molecular weight excluding hydrogens is 212 g/mol. The number of carboxylic acids is 1. The van der Waals surface area contributed by atoms with Gasteiger partial charge in [-0.25, -0.2) is 4.79 Å². The second-order valence-electron chi connectivity index (χ2n) is 4.67. The summed E-state index contributed by atoms with van der Waals surface area (Å²) in [5, 5.41) is 16.1. The molecule has 0 spiro atoms. The lowest BCUT2D eigenvalue weighted by Gasteiger charge is -1.97. The molecule has 1 heterocycles. The van der Waals surface area contributed by atoms with E-state index in [1.54, 1.807) is 0 Å². The van der Waals surface area contributed by atoms with E-state index in [0.29, 0.717) is 17.7 Å². The van der Waals surface area contributed by atoms with Gasteiger partial charge in [-0.05, 0) is 11.8 Å². The summed E-state index contributed by atoms with van der Waals surface area (Å²) in [7, 11) is 0. The van der Waals surface area contributed by atoms with E-state index >= 15 is 0 Å². The third-order valence-corrected chi connectivity index (χ3v) is 2.75. The van der Waals surface area contributed by atoms with Gasteiger partial charge in [-0.1, -0.05) is 13.8 Å². The lowest BCUT2D eigenvalue weighted by molar-refractivity contribution is -0.142. The van der Waals surface area contributed by atoms with Crippen LogP contribution >= 0.6 is 0 Å². The summed E-state index contributed by atoms with van der Waals surface area (Å²) in [6.07, 6.45) is 1.05. The number of carboxylic acid groups (broad SMARTS) is 1. The Bertz CT molecular complexity index is 399. The molecule has 0 amide bonds. The van der Waals surface area contributed by atoms with Gasteiger partial charge in [0, 0.05) is 5.92 Å². The summed E-state index contributed by atoms with van der Waals surface area (Å²) < 4.78 is 10.2. The van der Waals surface area contributed by atoms with Crippen LogP contribution in [-0.2, 0) is 16.1 Å². The van der Waals surface area contributed by atoms with Crippen molar-refractivity contribution in [1.29, 1.82) is 0 Å². The van der Waals surface area contributed by atoms with E-state index in [9.17, 15) is 4.79 Å². The molecule has 16 heavy (non-hydrogen) atoms. The SMILES string of the molecule is CC1(C)CC1c1nnc(COCC(=O)O)o1. The van der Waals surface area contributed by atoms with Gasteiger partial charge in [-0.3, -0.25) is 0 Å². The molecule has 1 unspecified atom stereocenters. The van der Waals surface area contributed by atoms with Gasteiger partial charge in [0.15, 0.2) is 0 Å². The van der Waals surface area contributed by atoms with Gasteiger partial charge in [0.2, 0.25) is 11.8 Å². The van der Waals surface area contributed by atoms with Crippen LogP contribution in [0.2, 0.25) is 0 Å². The summed E-state index contributed by atoms with van der Waals surface area (Å²) in [5.41, 5.74) is 0.242. The van der Waals surface area contributed by atoms with Gasteiger partial charge >= 0.3 is 5.97 Å². The number of carbonyl (C=O) groups is 1. The topological polar surface area (TPSA) is 85.5 Å².